The fraction of sp³-hybridized carbons (Fsp3) is 0.190. The first-order valence-electron chi connectivity index (χ1n) is 9.15. The van der Waals surface area contributed by atoms with E-state index in [0.717, 1.165) is 25.9 Å². The predicted octanol–water partition coefficient (Wildman–Crippen LogP) is 3.91. The van der Waals surface area contributed by atoms with Gasteiger partial charge >= 0.3 is 0 Å². The number of nitrogens with zero attached hydrogens (tertiary/aromatic N) is 2. The van der Waals surface area contributed by atoms with Crippen LogP contribution >= 0.6 is 23.8 Å². The van der Waals surface area contributed by atoms with E-state index in [9.17, 15) is 14.0 Å². The maximum Gasteiger partial charge on any atom is 0.270 e. The van der Waals surface area contributed by atoms with E-state index in [2.05, 4.69) is 5.32 Å². The van der Waals surface area contributed by atoms with Gasteiger partial charge in [0.05, 0.1) is 11.4 Å². The normalized spacial score (nSPS) is 18.6. The molecule has 2 fully saturated rings. The van der Waals surface area contributed by atoms with Crippen LogP contribution < -0.4 is 15.1 Å². The van der Waals surface area contributed by atoms with Gasteiger partial charge in [-0.05, 0) is 67.0 Å². The van der Waals surface area contributed by atoms with Gasteiger partial charge in [-0.2, -0.15) is 0 Å². The molecule has 5 nitrogen and oxygen atoms in total. The number of rotatable bonds is 3. The molecule has 2 aliphatic rings. The van der Waals surface area contributed by atoms with E-state index in [4.69, 9.17) is 23.8 Å². The molecule has 0 saturated carbocycles. The minimum Gasteiger partial charge on any atom is -0.369 e. The van der Waals surface area contributed by atoms with Gasteiger partial charge in [0.1, 0.15) is 11.4 Å². The molecule has 2 saturated heterocycles. The second-order valence-electron chi connectivity index (χ2n) is 6.84. The van der Waals surface area contributed by atoms with E-state index >= 15 is 0 Å². The number of carbonyl (C=O) groups is 2. The molecule has 8 heteroatoms. The van der Waals surface area contributed by atoms with Gasteiger partial charge in [-0.1, -0.05) is 23.7 Å². The molecule has 2 aromatic rings. The fourth-order valence-corrected chi connectivity index (χ4v) is 3.97. The lowest BCUT2D eigenvalue weighted by atomic mass is 10.1. The third-order valence-corrected chi connectivity index (χ3v) is 5.42. The summed E-state index contributed by atoms with van der Waals surface area (Å²) < 4.78 is 14.6. The van der Waals surface area contributed by atoms with E-state index in [1.807, 2.05) is 4.90 Å². The van der Waals surface area contributed by atoms with Gasteiger partial charge in [-0.15, -0.1) is 0 Å². The lowest BCUT2D eigenvalue weighted by molar-refractivity contribution is -0.122. The number of hydrogen-bond donors (Lipinski definition) is 1. The Morgan fingerprint density at radius 3 is 2.55 bits per heavy atom. The second-order valence-corrected chi connectivity index (χ2v) is 7.67. The van der Waals surface area contributed by atoms with Crippen molar-refractivity contribution in [3.63, 3.8) is 0 Å². The Bertz CT molecular complexity index is 1050. The van der Waals surface area contributed by atoms with Crippen LogP contribution in [0.4, 0.5) is 15.8 Å². The molecule has 0 aliphatic carbocycles. The van der Waals surface area contributed by atoms with Crippen molar-refractivity contribution < 1.29 is 14.0 Å². The van der Waals surface area contributed by atoms with E-state index in [-0.39, 0.29) is 16.5 Å². The van der Waals surface area contributed by atoms with Crippen molar-refractivity contribution in [1.82, 2.24) is 5.32 Å². The van der Waals surface area contributed by atoms with Gasteiger partial charge in [0.25, 0.3) is 11.8 Å². The summed E-state index contributed by atoms with van der Waals surface area (Å²) in [6, 6.07) is 11.3. The molecule has 2 aliphatic heterocycles. The van der Waals surface area contributed by atoms with Crippen molar-refractivity contribution in [2.45, 2.75) is 12.8 Å². The van der Waals surface area contributed by atoms with Crippen LogP contribution in [0.25, 0.3) is 6.08 Å². The van der Waals surface area contributed by atoms with Crippen LogP contribution in [-0.2, 0) is 9.59 Å². The zero-order chi connectivity index (χ0) is 20.5. The first-order valence-corrected chi connectivity index (χ1v) is 9.94. The van der Waals surface area contributed by atoms with Gasteiger partial charge in [0.15, 0.2) is 5.11 Å². The Kier molecular flexibility index (Phi) is 5.34. The summed E-state index contributed by atoms with van der Waals surface area (Å²) in [5, 5.41) is 2.90. The number of halogens is 2. The molecule has 2 aromatic carbocycles. The Hall–Kier alpha value is -2.77. The fourth-order valence-electron chi connectivity index (χ4n) is 3.50. The van der Waals surface area contributed by atoms with Crippen LogP contribution in [0.2, 0.25) is 5.02 Å². The SMILES string of the molecule is O=C1NC(=S)N(c2cccc(Cl)c2)C(=O)/C1=C/c1ccc(N2CCCC2)c(F)c1. The third-order valence-electron chi connectivity index (χ3n) is 4.90. The number of benzene rings is 2. The average Bonchev–Trinajstić information content (AvgIpc) is 3.19. The quantitative estimate of drug-likeness (QED) is 0.456. The van der Waals surface area contributed by atoms with Crippen molar-refractivity contribution in [1.29, 1.82) is 0 Å². The van der Waals surface area contributed by atoms with E-state index < -0.39 is 11.8 Å². The lowest BCUT2D eigenvalue weighted by Crippen LogP contribution is -2.54. The van der Waals surface area contributed by atoms with E-state index in [0.29, 0.717) is 22.0 Å². The van der Waals surface area contributed by atoms with Gasteiger partial charge in [0.2, 0.25) is 0 Å². The molecular weight excluding hydrogens is 413 g/mol. The smallest absolute Gasteiger partial charge is 0.270 e. The molecule has 1 N–H and O–H groups in total. The number of thiocarbonyl (C=S) groups is 1. The minimum atomic E-state index is -0.623. The van der Waals surface area contributed by atoms with Crippen molar-refractivity contribution in [3.05, 3.63) is 64.4 Å². The minimum absolute atomic E-state index is 0.0324. The molecule has 0 bridgehead atoms. The molecule has 0 atom stereocenters. The van der Waals surface area contributed by atoms with Crippen LogP contribution in [0.15, 0.2) is 48.0 Å². The van der Waals surface area contributed by atoms with Crippen LogP contribution in [0.5, 0.6) is 0 Å². The third kappa shape index (κ3) is 3.88. The van der Waals surface area contributed by atoms with Crippen molar-refractivity contribution >= 4 is 58.2 Å². The van der Waals surface area contributed by atoms with Crippen molar-refractivity contribution in [3.8, 4) is 0 Å². The Balaban J connectivity index is 1.67. The number of nitrogens with one attached hydrogen (secondary N) is 1. The van der Waals surface area contributed by atoms with Crippen LogP contribution in [0.3, 0.4) is 0 Å². The van der Waals surface area contributed by atoms with Crippen LogP contribution in [0.1, 0.15) is 18.4 Å². The number of carbonyl (C=O) groups excluding carboxylic acids is 2. The monoisotopic (exact) mass is 429 g/mol. The Morgan fingerprint density at radius 2 is 1.86 bits per heavy atom. The zero-order valence-electron chi connectivity index (χ0n) is 15.3. The summed E-state index contributed by atoms with van der Waals surface area (Å²) >= 11 is 11.2. The summed E-state index contributed by atoms with van der Waals surface area (Å²) in [7, 11) is 0. The largest absolute Gasteiger partial charge is 0.369 e. The molecule has 2 heterocycles. The number of anilines is 2. The topological polar surface area (TPSA) is 52.7 Å². The highest BCUT2D eigenvalue weighted by atomic mass is 35.5. The summed E-state index contributed by atoms with van der Waals surface area (Å²) in [5.74, 6) is -1.60. The van der Waals surface area contributed by atoms with Crippen LogP contribution in [-0.4, -0.2) is 30.0 Å². The molecule has 148 valence electrons. The standard InChI is InChI=1S/C21H17ClFN3O2S/c22-14-4-3-5-15(12-14)26-20(28)16(19(27)24-21(26)29)10-13-6-7-18(17(23)11-13)25-8-1-2-9-25/h3-7,10-12H,1-2,8-9H2,(H,24,27,29)/b16-10+. The summed E-state index contributed by atoms with van der Waals surface area (Å²) in [4.78, 5) is 28.6. The first kappa shape index (κ1) is 19.5. The molecule has 29 heavy (non-hydrogen) atoms. The second kappa shape index (κ2) is 7.93. The predicted molar refractivity (Wildman–Crippen MR) is 116 cm³/mol. The molecule has 0 unspecified atom stereocenters. The van der Waals surface area contributed by atoms with E-state index in [1.54, 1.807) is 36.4 Å². The Labute approximate surface area is 177 Å². The Morgan fingerprint density at radius 1 is 1.10 bits per heavy atom. The maximum atomic E-state index is 14.6. The first-order chi connectivity index (χ1) is 13.9. The molecule has 0 spiro atoms. The molecule has 4 rings (SSSR count). The lowest BCUT2D eigenvalue weighted by Gasteiger charge is -2.29. The van der Waals surface area contributed by atoms with Crippen molar-refractivity contribution in [2.75, 3.05) is 22.9 Å². The highest BCUT2D eigenvalue weighted by molar-refractivity contribution is 7.80. The molecule has 0 radical (unpaired) electrons. The summed E-state index contributed by atoms with van der Waals surface area (Å²) in [6.07, 6.45) is 3.45. The summed E-state index contributed by atoms with van der Waals surface area (Å²) in [5.41, 5.74) is 1.26. The van der Waals surface area contributed by atoms with Crippen LogP contribution in [0, 0.1) is 5.82 Å². The molecular formula is C21H17ClFN3O2S. The number of amides is 2. The van der Waals surface area contributed by atoms with E-state index in [1.165, 1.54) is 17.0 Å². The zero-order valence-corrected chi connectivity index (χ0v) is 16.9. The average molecular weight is 430 g/mol. The molecule has 2 amide bonds. The number of hydrogen-bond acceptors (Lipinski definition) is 4. The highest BCUT2D eigenvalue weighted by Gasteiger charge is 2.34. The van der Waals surface area contributed by atoms with Crippen molar-refractivity contribution in [2.24, 2.45) is 0 Å². The van der Waals surface area contributed by atoms with Gasteiger partial charge in [-0.3, -0.25) is 19.8 Å². The maximum absolute atomic E-state index is 14.6. The highest BCUT2D eigenvalue weighted by Crippen LogP contribution is 2.27. The van der Waals surface area contributed by atoms with Gasteiger partial charge < -0.3 is 4.90 Å². The summed E-state index contributed by atoms with van der Waals surface area (Å²) in [6.45, 7) is 1.65. The van der Waals surface area contributed by atoms with Gasteiger partial charge in [0, 0.05) is 18.1 Å². The van der Waals surface area contributed by atoms with Gasteiger partial charge in [-0.25, -0.2) is 4.39 Å². The molecule has 0 aromatic heterocycles.